The van der Waals surface area contributed by atoms with Crippen LogP contribution >= 0.6 is 34.4 Å². The zero-order chi connectivity index (χ0) is 27.4. The molecule has 1 aromatic carbocycles. The maximum atomic E-state index is 13.2. The number of benzene rings is 1. The normalized spacial score (nSPS) is 17.5. The largest absolute Gasteiger partial charge is 0.384 e. The van der Waals surface area contributed by atoms with Crippen molar-refractivity contribution in [2.75, 3.05) is 16.0 Å². The maximum absolute atomic E-state index is 13.2. The van der Waals surface area contributed by atoms with Crippen LogP contribution in [0, 0.1) is 17.2 Å². The number of nitrogens with one attached hydrogen (secondary N) is 1. The highest BCUT2D eigenvalue weighted by molar-refractivity contribution is 8.01. The van der Waals surface area contributed by atoms with Crippen LogP contribution < -0.4 is 16.0 Å². The van der Waals surface area contributed by atoms with Crippen LogP contribution in [0.25, 0.3) is 6.08 Å². The number of ketones is 1. The van der Waals surface area contributed by atoms with E-state index in [4.69, 9.17) is 5.73 Å². The second-order valence-corrected chi connectivity index (χ2v) is 11.9. The summed E-state index contributed by atoms with van der Waals surface area (Å²) >= 11 is 3.83. The van der Waals surface area contributed by atoms with Crippen LogP contribution in [0.15, 0.2) is 63.4 Å². The number of nitrogens with two attached hydrogens (primary N) is 1. The van der Waals surface area contributed by atoms with Crippen molar-refractivity contribution in [2.45, 2.75) is 36.9 Å². The van der Waals surface area contributed by atoms with Gasteiger partial charge in [0.25, 0.3) is 0 Å². The van der Waals surface area contributed by atoms with Crippen molar-refractivity contribution in [2.24, 2.45) is 11.7 Å². The lowest BCUT2D eigenvalue weighted by Crippen LogP contribution is -2.39. The molecule has 198 valence electrons. The first-order valence-corrected chi connectivity index (χ1v) is 14.9. The highest BCUT2D eigenvalue weighted by atomic mass is 32.2. The third-order valence-electron chi connectivity index (χ3n) is 6.17. The topological polar surface area (TPSA) is 151 Å². The number of nitrogens with zero attached hydrogens (tertiary/aromatic N) is 6. The number of aromatic nitrogens is 4. The Kier molecular flexibility index (Phi) is 8.16. The monoisotopic (exact) mass is 576 g/mol. The van der Waals surface area contributed by atoms with E-state index in [9.17, 15) is 14.9 Å². The van der Waals surface area contributed by atoms with E-state index in [1.54, 1.807) is 4.90 Å². The Hall–Kier alpha value is -3.86. The molecule has 0 fully saturated rings. The molecule has 1 aliphatic carbocycles. The SMILES string of the molecule is CCc1nnc(NC(=O)CSc2nnc(N3C(N)=C(C#N)C(/C=C/c4ccccc4)C4=C3CCCC4=O)s2)s1. The second kappa shape index (κ2) is 11.9. The predicted molar refractivity (Wildman–Crippen MR) is 153 cm³/mol. The van der Waals surface area contributed by atoms with Crippen molar-refractivity contribution in [1.29, 1.82) is 5.26 Å². The van der Waals surface area contributed by atoms with Gasteiger partial charge in [0.1, 0.15) is 10.8 Å². The molecule has 1 atom stereocenters. The molecule has 0 radical (unpaired) electrons. The Labute approximate surface area is 237 Å². The van der Waals surface area contributed by atoms with Gasteiger partial charge in [-0.05, 0) is 24.8 Å². The summed E-state index contributed by atoms with van der Waals surface area (Å²) in [6.07, 6.45) is 6.27. The van der Waals surface area contributed by atoms with Crippen LogP contribution in [0.1, 0.15) is 36.8 Å². The molecule has 0 bridgehead atoms. The number of hydrogen-bond donors (Lipinski definition) is 2. The number of rotatable bonds is 8. The van der Waals surface area contributed by atoms with Crippen molar-refractivity contribution < 1.29 is 9.59 Å². The van der Waals surface area contributed by atoms with Gasteiger partial charge in [0.2, 0.25) is 16.2 Å². The average molecular weight is 577 g/mol. The van der Waals surface area contributed by atoms with Crippen LogP contribution in [-0.4, -0.2) is 37.8 Å². The van der Waals surface area contributed by atoms with Gasteiger partial charge in [-0.2, -0.15) is 5.26 Å². The van der Waals surface area contributed by atoms with E-state index in [2.05, 4.69) is 31.8 Å². The zero-order valence-electron chi connectivity index (χ0n) is 21.0. The zero-order valence-corrected chi connectivity index (χ0v) is 23.4. The first-order valence-electron chi connectivity index (χ1n) is 12.3. The fourth-order valence-electron chi connectivity index (χ4n) is 4.39. The summed E-state index contributed by atoms with van der Waals surface area (Å²) in [5.41, 5.74) is 9.15. The Bertz CT molecular complexity index is 1530. The maximum Gasteiger partial charge on any atom is 0.236 e. The van der Waals surface area contributed by atoms with E-state index < -0.39 is 5.92 Å². The molecular formula is C26H24N8O2S3. The van der Waals surface area contributed by atoms with Gasteiger partial charge >= 0.3 is 0 Å². The van der Waals surface area contributed by atoms with Crippen molar-refractivity contribution in [1.82, 2.24) is 20.4 Å². The molecule has 0 saturated heterocycles. The van der Waals surface area contributed by atoms with Crippen molar-refractivity contribution in [3.8, 4) is 6.07 Å². The number of amides is 1. The van der Waals surface area contributed by atoms with Gasteiger partial charge in [0, 0.05) is 23.6 Å². The van der Waals surface area contributed by atoms with Gasteiger partial charge < -0.3 is 5.73 Å². The summed E-state index contributed by atoms with van der Waals surface area (Å²) in [6, 6.07) is 11.9. The summed E-state index contributed by atoms with van der Waals surface area (Å²) in [7, 11) is 0. The molecule has 0 spiro atoms. The highest BCUT2D eigenvalue weighted by Crippen LogP contribution is 2.44. The van der Waals surface area contributed by atoms with E-state index >= 15 is 0 Å². The number of Topliss-reactive ketones (excluding diaryl/α,β-unsaturated/α-hetero) is 1. The van der Waals surface area contributed by atoms with Crippen LogP contribution in [0.2, 0.25) is 0 Å². The Morgan fingerprint density at radius 2 is 2.05 bits per heavy atom. The Morgan fingerprint density at radius 1 is 1.23 bits per heavy atom. The smallest absolute Gasteiger partial charge is 0.236 e. The molecule has 10 nitrogen and oxygen atoms in total. The van der Waals surface area contributed by atoms with Crippen molar-refractivity contribution in [3.63, 3.8) is 0 Å². The molecule has 39 heavy (non-hydrogen) atoms. The number of allylic oxidation sites excluding steroid dienone is 4. The minimum atomic E-state index is -0.534. The molecule has 3 aromatic rings. The van der Waals surface area contributed by atoms with Gasteiger partial charge in [-0.3, -0.25) is 19.8 Å². The van der Waals surface area contributed by atoms with Crippen LogP contribution in [0.3, 0.4) is 0 Å². The average Bonchev–Trinajstić information content (AvgIpc) is 3.60. The molecule has 3 heterocycles. The third-order valence-corrected chi connectivity index (χ3v) is 9.19. The predicted octanol–water partition coefficient (Wildman–Crippen LogP) is 4.53. The molecule has 2 aliphatic rings. The molecule has 3 N–H and O–H groups in total. The van der Waals surface area contributed by atoms with Gasteiger partial charge in [-0.1, -0.05) is 83.8 Å². The van der Waals surface area contributed by atoms with E-state index in [1.807, 2.05) is 49.4 Å². The Balaban J connectivity index is 1.38. The first-order chi connectivity index (χ1) is 19.0. The highest BCUT2D eigenvalue weighted by Gasteiger charge is 2.39. The van der Waals surface area contributed by atoms with Crippen LogP contribution in [-0.2, 0) is 16.0 Å². The molecule has 13 heteroatoms. The van der Waals surface area contributed by atoms with E-state index in [0.717, 1.165) is 22.7 Å². The third kappa shape index (κ3) is 5.78. The number of carbonyl (C=O) groups excluding carboxylic acids is 2. The van der Waals surface area contributed by atoms with Gasteiger partial charge in [0.05, 0.1) is 17.4 Å². The molecule has 0 saturated carbocycles. The molecule has 5 rings (SSSR count). The lowest BCUT2D eigenvalue weighted by atomic mass is 9.79. The number of aryl methyl sites for hydroxylation is 1. The fraction of sp³-hybridized carbons (Fsp3) is 0.269. The summed E-state index contributed by atoms with van der Waals surface area (Å²) < 4.78 is 0.563. The number of anilines is 2. The summed E-state index contributed by atoms with van der Waals surface area (Å²) in [5.74, 6) is -0.405. The van der Waals surface area contributed by atoms with Crippen molar-refractivity contribution in [3.05, 3.63) is 69.6 Å². The minimum Gasteiger partial charge on any atom is -0.384 e. The second-order valence-electron chi connectivity index (χ2n) is 8.67. The molecule has 2 aromatic heterocycles. The van der Waals surface area contributed by atoms with Gasteiger partial charge in [-0.15, -0.1) is 20.4 Å². The molecular weight excluding hydrogens is 553 g/mol. The number of carbonyl (C=O) groups is 2. The van der Waals surface area contributed by atoms with Crippen LogP contribution in [0.5, 0.6) is 0 Å². The van der Waals surface area contributed by atoms with Gasteiger partial charge in [-0.25, -0.2) is 0 Å². The summed E-state index contributed by atoms with van der Waals surface area (Å²) in [4.78, 5) is 27.2. The minimum absolute atomic E-state index is 0.00269. The molecule has 1 aliphatic heterocycles. The lowest BCUT2D eigenvalue weighted by molar-refractivity contribution is -0.116. The first kappa shape index (κ1) is 26.7. The summed E-state index contributed by atoms with van der Waals surface area (Å²) in [6.45, 7) is 1.97. The molecule has 1 unspecified atom stereocenters. The van der Waals surface area contributed by atoms with E-state index in [0.29, 0.717) is 45.0 Å². The van der Waals surface area contributed by atoms with Crippen LogP contribution in [0.4, 0.5) is 10.3 Å². The molecule has 1 amide bonds. The standard InChI is InChI=1S/C26H24N8O2S3/c1-2-21-30-31-24(38-21)29-20(36)14-37-26-33-32-25(39-26)34-18-9-6-10-19(35)22(18)16(17(13-27)23(34)28)12-11-15-7-4-3-5-8-15/h3-5,7-8,11-12,16H,2,6,9-10,14,28H2,1H3,(H,29,31,36)/b12-11+. The quantitative estimate of drug-likeness (QED) is 0.366. The summed E-state index contributed by atoms with van der Waals surface area (Å²) in [5, 5.41) is 31.1. The number of thioether (sulfide) groups is 1. The van der Waals surface area contributed by atoms with Gasteiger partial charge in [0.15, 0.2) is 10.1 Å². The fourth-order valence-corrected chi connectivity index (χ4v) is 6.77. The van der Waals surface area contributed by atoms with Crippen molar-refractivity contribution >= 4 is 62.5 Å². The number of hydrogen-bond acceptors (Lipinski definition) is 12. The van der Waals surface area contributed by atoms with E-state index in [-0.39, 0.29) is 23.3 Å². The lowest BCUT2D eigenvalue weighted by Gasteiger charge is -2.37. The van der Waals surface area contributed by atoms with E-state index in [1.165, 1.54) is 34.4 Å². The Morgan fingerprint density at radius 3 is 2.79 bits per heavy atom. The number of nitriles is 1.